The second-order valence-electron chi connectivity index (χ2n) is 2.66. The fraction of sp³-hybridized carbons (Fsp3) is 0.300. The third-order valence-electron chi connectivity index (χ3n) is 1.61. The van der Waals surface area contributed by atoms with E-state index in [1.807, 2.05) is 37.3 Å². The second-order valence-corrected chi connectivity index (χ2v) is 2.66. The summed E-state index contributed by atoms with van der Waals surface area (Å²) >= 11 is 0. The lowest BCUT2D eigenvalue weighted by molar-refractivity contribution is -0.145. The molecule has 0 N–H and O–H groups in total. The third kappa shape index (κ3) is 2.38. The third-order valence-corrected chi connectivity index (χ3v) is 1.61. The molecule has 0 fully saturated rings. The summed E-state index contributed by atoms with van der Waals surface area (Å²) in [6.45, 7) is 3.27. The van der Waals surface area contributed by atoms with Crippen LogP contribution >= 0.6 is 0 Å². The molecule has 1 atom stereocenters. The van der Waals surface area contributed by atoms with Crippen LogP contribution in [0.5, 0.6) is 0 Å². The molecule has 2 nitrogen and oxygen atoms in total. The van der Waals surface area contributed by atoms with Crippen molar-refractivity contribution < 1.29 is 9.53 Å². The summed E-state index contributed by atoms with van der Waals surface area (Å²) in [4.78, 5) is 10.6. The van der Waals surface area contributed by atoms with Crippen molar-refractivity contribution in [2.75, 3.05) is 0 Å². The van der Waals surface area contributed by atoms with Crippen molar-refractivity contribution in [2.24, 2.45) is 0 Å². The van der Waals surface area contributed by atoms with Gasteiger partial charge < -0.3 is 4.74 Å². The maximum Gasteiger partial charge on any atom is 0.303 e. The number of benzene rings is 1. The first-order valence-corrected chi connectivity index (χ1v) is 3.92. The fourth-order valence-corrected chi connectivity index (χ4v) is 1.04. The molecule has 1 unspecified atom stereocenters. The van der Waals surface area contributed by atoms with Crippen molar-refractivity contribution >= 4 is 5.97 Å². The largest absolute Gasteiger partial charge is 0.458 e. The number of hydrogen-bond acceptors (Lipinski definition) is 2. The van der Waals surface area contributed by atoms with Crippen LogP contribution in [0.15, 0.2) is 30.3 Å². The van der Waals surface area contributed by atoms with Crippen LogP contribution in [-0.2, 0) is 9.53 Å². The van der Waals surface area contributed by atoms with Crippen molar-refractivity contribution in [1.29, 1.82) is 0 Å². The van der Waals surface area contributed by atoms with E-state index < -0.39 is 0 Å². The van der Waals surface area contributed by atoms with Crippen molar-refractivity contribution in [1.82, 2.24) is 0 Å². The molecule has 12 heavy (non-hydrogen) atoms. The standard InChI is InChI=1S/C10H12O2/c1-8(12-9(2)11)10-6-4-3-5-7-10/h3-8H,1-2H3/i8+1. The van der Waals surface area contributed by atoms with Gasteiger partial charge in [-0.1, -0.05) is 30.3 Å². The number of carbonyl (C=O) groups is 1. The van der Waals surface area contributed by atoms with Gasteiger partial charge in [0.15, 0.2) is 0 Å². The molecule has 1 aromatic carbocycles. The van der Waals surface area contributed by atoms with Gasteiger partial charge in [0.25, 0.3) is 0 Å². The van der Waals surface area contributed by atoms with Gasteiger partial charge >= 0.3 is 5.97 Å². The monoisotopic (exact) mass is 165 g/mol. The van der Waals surface area contributed by atoms with Crippen molar-refractivity contribution in [3.8, 4) is 0 Å². The van der Waals surface area contributed by atoms with E-state index >= 15 is 0 Å². The van der Waals surface area contributed by atoms with Crippen LogP contribution in [0.4, 0.5) is 0 Å². The summed E-state index contributed by atoms with van der Waals surface area (Å²) in [5, 5.41) is 0. The summed E-state index contributed by atoms with van der Waals surface area (Å²) in [6.07, 6.45) is -0.149. The number of rotatable bonds is 2. The van der Waals surface area contributed by atoms with Crippen LogP contribution in [-0.4, -0.2) is 5.97 Å². The highest BCUT2D eigenvalue weighted by Crippen LogP contribution is 2.15. The first-order valence-electron chi connectivity index (χ1n) is 3.92. The average Bonchev–Trinajstić information content (AvgIpc) is 2.05. The summed E-state index contributed by atoms with van der Waals surface area (Å²) in [5.74, 6) is -0.244. The van der Waals surface area contributed by atoms with E-state index in [-0.39, 0.29) is 12.1 Å². The Balaban J connectivity index is 2.65. The molecule has 1 rings (SSSR count). The van der Waals surface area contributed by atoms with Crippen molar-refractivity contribution in [3.63, 3.8) is 0 Å². The molecule has 2 heteroatoms. The SMILES string of the molecule is CC(=O)O[13CH](C)c1ccccc1. The Morgan fingerprint density at radius 1 is 1.33 bits per heavy atom. The minimum Gasteiger partial charge on any atom is -0.458 e. The van der Waals surface area contributed by atoms with Gasteiger partial charge in [0.05, 0.1) is 0 Å². The number of ether oxygens (including phenoxy) is 1. The average molecular weight is 165 g/mol. The minimum atomic E-state index is -0.244. The molecule has 0 aliphatic heterocycles. The molecule has 0 saturated carbocycles. The smallest absolute Gasteiger partial charge is 0.303 e. The lowest BCUT2D eigenvalue weighted by atomic mass is 10.3. The highest BCUT2D eigenvalue weighted by molar-refractivity contribution is 5.66. The summed E-state index contributed by atoms with van der Waals surface area (Å²) in [5.41, 5.74) is 1.02. The predicted molar refractivity (Wildman–Crippen MR) is 46.6 cm³/mol. The van der Waals surface area contributed by atoms with E-state index in [0.717, 1.165) is 5.56 Å². The molecule has 0 radical (unpaired) electrons. The molecule has 0 amide bonds. The zero-order valence-electron chi connectivity index (χ0n) is 7.28. The van der Waals surface area contributed by atoms with Crippen LogP contribution in [0.25, 0.3) is 0 Å². The van der Waals surface area contributed by atoms with E-state index in [4.69, 9.17) is 4.74 Å². The Morgan fingerprint density at radius 3 is 2.42 bits per heavy atom. The highest BCUT2D eigenvalue weighted by atomic mass is 16.6. The van der Waals surface area contributed by atoms with Gasteiger partial charge in [-0.15, -0.1) is 0 Å². The highest BCUT2D eigenvalue weighted by Gasteiger charge is 2.06. The first-order chi connectivity index (χ1) is 5.70. The Labute approximate surface area is 72.2 Å². The number of esters is 1. The van der Waals surface area contributed by atoms with Crippen molar-refractivity contribution in [3.05, 3.63) is 35.9 Å². The topological polar surface area (TPSA) is 26.3 Å². The summed E-state index contributed by atoms with van der Waals surface area (Å²) < 4.78 is 5.00. The van der Waals surface area contributed by atoms with Gasteiger partial charge in [0.1, 0.15) is 6.10 Å². The van der Waals surface area contributed by atoms with Crippen LogP contribution in [0.1, 0.15) is 25.5 Å². The molecule has 0 bridgehead atoms. The zero-order chi connectivity index (χ0) is 8.97. The summed E-state index contributed by atoms with van der Waals surface area (Å²) in [6, 6.07) is 9.66. The molecule has 0 aliphatic carbocycles. The molecule has 64 valence electrons. The van der Waals surface area contributed by atoms with Crippen molar-refractivity contribution in [2.45, 2.75) is 20.0 Å². The lowest BCUT2D eigenvalue weighted by Gasteiger charge is -2.11. The molecule has 0 aromatic heterocycles. The lowest BCUT2D eigenvalue weighted by Crippen LogP contribution is -2.04. The Hall–Kier alpha value is -1.31. The number of hydrogen-bond donors (Lipinski definition) is 0. The van der Waals surface area contributed by atoms with E-state index in [1.54, 1.807) is 0 Å². The van der Waals surface area contributed by atoms with Gasteiger partial charge in [0, 0.05) is 6.92 Å². The van der Waals surface area contributed by atoms with E-state index in [9.17, 15) is 4.79 Å². The van der Waals surface area contributed by atoms with E-state index in [2.05, 4.69) is 0 Å². The molecule has 0 heterocycles. The summed E-state index contributed by atoms with van der Waals surface area (Å²) in [7, 11) is 0. The van der Waals surface area contributed by atoms with Gasteiger partial charge in [-0.05, 0) is 12.5 Å². The first kappa shape index (κ1) is 8.78. The maximum absolute atomic E-state index is 10.6. The van der Waals surface area contributed by atoms with Crippen LogP contribution in [0.3, 0.4) is 0 Å². The molecule has 0 spiro atoms. The molecule has 0 saturated heterocycles. The Morgan fingerprint density at radius 2 is 1.92 bits per heavy atom. The van der Waals surface area contributed by atoms with E-state index in [1.165, 1.54) is 6.92 Å². The van der Waals surface area contributed by atoms with E-state index in [0.29, 0.717) is 0 Å². The zero-order valence-corrected chi connectivity index (χ0v) is 7.28. The van der Waals surface area contributed by atoms with Gasteiger partial charge in [-0.2, -0.15) is 0 Å². The van der Waals surface area contributed by atoms with Crippen LogP contribution < -0.4 is 0 Å². The van der Waals surface area contributed by atoms with Gasteiger partial charge in [0.2, 0.25) is 0 Å². The quantitative estimate of drug-likeness (QED) is 0.496. The number of carbonyl (C=O) groups excluding carboxylic acids is 1. The van der Waals surface area contributed by atoms with Gasteiger partial charge in [-0.25, -0.2) is 0 Å². The fourth-order valence-electron chi connectivity index (χ4n) is 1.04. The minimum absolute atomic E-state index is 0.149. The van der Waals surface area contributed by atoms with Crippen LogP contribution in [0, 0.1) is 0 Å². The Kier molecular flexibility index (Phi) is 2.86. The molecule has 1 aromatic rings. The van der Waals surface area contributed by atoms with Crippen LogP contribution in [0.2, 0.25) is 0 Å². The maximum atomic E-state index is 10.6. The second kappa shape index (κ2) is 3.90. The Bertz CT molecular complexity index is 254. The molecule has 0 aliphatic rings. The predicted octanol–water partition coefficient (Wildman–Crippen LogP) is 2.31. The molecular formula is C10H12O2. The molecular weight excluding hydrogens is 153 g/mol. The van der Waals surface area contributed by atoms with Gasteiger partial charge in [-0.3, -0.25) is 4.79 Å². The normalized spacial score (nSPS) is 12.2.